The van der Waals surface area contributed by atoms with E-state index in [0.717, 1.165) is 84.4 Å². The van der Waals surface area contributed by atoms with Crippen LogP contribution in [0.1, 0.15) is 33.7 Å². The number of para-hydroxylation sites is 1. The van der Waals surface area contributed by atoms with E-state index >= 15 is 0 Å². The molecule has 0 amide bonds. The molecule has 4 aromatic heterocycles. The highest BCUT2D eigenvalue weighted by Gasteiger charge is 2.25. The number of nitrogens with zero attached hydrogens (tertiary/aromatic N) is 3. The van der Waals surface area contributed by atoms with Gasteiger partial charge in [-0.15, -0.1) is 0 Å². The highest BCUT2D eigenvalue weighted by Crippen LogP contribution is 2.43. The molecule has 0 bridgehead atoms. The second-order valence-corrected chi connectivity index (χ2v) is 14.7. The van der Waals surface area contributed by atoms with E-state index in [1.54, 1.807) is 0 Å². The Morgan fingerprint density at radius 2 is 1.43 bits per heavy atom. The first kappa shape index (κ1) is 30.9. The summed E-state index contributed by atoms with van der Waals surface area (Å²) < 4.78 is 15.8. The van der Waals surface area contributed by atoms with Crippen molar-refractivity contribution in [2.75, 3.05) is 0 Å². The lowest BCUT2D eigenvalue weighted by Crippen LogP contribution is -1.98. The summed E-state index contributed by atoms with van der Waals surface area (Å²) in [5.74, 6) is 1.65. The second kappa shape index (κ2) is 11.9. The van der Waals surface area contributed by atoms with Crippen LogP contribution in [0.25, 0.3) is 71.6 Å². The number of benzene rings is 6. The number of fused-ring (bicyclic) bond motifs is 9. The lowest BCUT2D eigenvalue weighted by molar-refractivity contribution is 0.465. The third kappa shape index (κ3) is 4.85. The van der Waals surface area contributed by atoms with Gasteiger partial charge in [-0.2, -0.15) is 4.98 Å². The lowest BCUT2D eigenvalue weighted by atomic mass is 9.96. The zero-order valence-corrected chi connectivity index (χ0v) is 30.0. The van der Waals surface area contributed by atoms with Crippen LogP contribution in [0.5, 0.6) is 11.6 Å². The summed E-state index contributed by atoms with van der Waals surface area (Å²) >= 11 is 0. The minimum absolute atomic E-state index is 0.450. The molecule has 4 heterocycles. The van der Waals surface area contributed by atoms with Gasteiger partial charge in [-0.05, 0) is 114 Å². The van der Waals surface area contributed by atoms with Crippen molar-refractivity contribution >= 4 is 54.6 Å². The van der Waals surface area contributed by atoms with Crippen LogP contribution >= 0.6 is 0 Å². The van der Waals surface area contributed by atoms with Crippen molar-refractivity contribution in [3.63, 3.8) is 0 Å². The summed E-state index contributed by atoms with van der Waals surface area (Å²) in [5, 5.41) is 6.48. The van der Waals surface area contributed by atoms with Gasteiger partial charge in [0.05, 0.1) is 11.2 Å². The molecule has 1 unspecified atom stereocenters. The number of ether oxygens (including phenoxy) is 1. The Balaban J connectivity index is 1.07. The Bertz CT molecular complexity index is 3120. The maximum Gasteiger partial charge on any atom is 0.221 e. The van der Waals surface area contributed by atoms with Crippen molar-refractivity contribution in [1.29, 1.82) is 0 Å². The number of hydrogen-bond donors (Lipinski definition) is 0. The highest BCUT2D eigenvalue weighted by atomic mass is 16.5. The van der Waals surface area contributed by atoms with Crippen molar-refractivity contribution in [1.82, 2.24) is 14.5 Å². The molecule has 0 aliphatic heterocycles. The normalized spacial score (nSPS) is 14.1. The number of hydrogen-bond acceptors (Lipinski definition) is 4. The number of pyridine rings is 2. The molecule has 0 saturated carbocycles. The topological polar surface area (TPSA) is 53.1 Å². The largest absolute Gasteiger partial charge is 0.455 e. The van der Waals surface area contributed by atoms with Gasteiger partial charge in [-0.3, -0.25) is 9.55 Å². The summed E-state index contributed by atoms with van der Waals surface area (Å²) in [5.41, 5.74) is 13.0. The second-order valence-electron chi connectivity index (χ2n) is 14.7. The van der Waals surface area contributed by atoms with Crippen molar-refractivity contribution in [3.8, 4) is 28.6 Å². The highest BCUT2D eigenvalue weighted by molar-refractivity contribution is 6.17. The van der Waals surface area contributed by atoms with E-state index in [2.05, 4.69) is 158 Å². The molecule has 5 nitrogen and oxygen atoms in total. The van der Waals surface area contributed by atoms with Gasteiger partial charge in [-0.1, -0.05) is 84.9 Å². The molecule has 0 radical (unpaired) electrons. The zero-order chi connectivity index (χ0) is 35.9. The maximum absolute atomic E-state index is 6.83. The van der Waals surface area contributed by atoms with Crippen LogP contribution in [0.15, 0.2) is 150 Å². The minimum atomic E-state index is 0.450. The van der Waals surface area contributed by atoms with Crippen LogP contribution in [0.2, 0.25) is 0 Å². The van der Waals surface area contributed by atoms with E-state index in [4.69, 9.17) is 19.1 Å². The molecule has 1 aliphatic carbocycles. The molecule has 6 aromatic carbocycles. The zero-order valence-electron chi connectivity index (χ0n) is 30.0. The fraction of sp³-hybridized carbons (Fsp3) is 0.102. The Morgan fingerprint density at radius 1 is 0.630 bits per heavy atom. The van der Waals surface area contributed by atoms with E-state index in [1.165, 1.54) is 27.8 Å². The Labute approximate surface area is 312 Å². The van der Waals surface area contributed by atoms with Crippen LogP contribution in [0.4, 0.5) is 0 Å². The molecular formula is C49H35N3O2. The smallest absolute Gasteiger partial charge is 0.221 e. The van der Waals surface area contributed by atoms with Gasteiger partial charge in [0.1, 0.15) is 22.6 Å². The molecule has 5 heteroatoms. The first-order valence-electron chi connectivity index (χ1n) is 18.6. The molecule has 0 saturated heterocycles. The van der Waals surface area contributed by atoms with E-state index in [0.29, 0.717) is 17.5 Å². The van der Waals surface area contributed by atoms with E-state index < -0.39 is 0 Å². The summed E-state index contributed by atoms with van der Waals surface area (Å²) in [4.78, 5) is 10.3. The predicted molar refractivity (Wildman–Crippen MR) is 219 cm³/mol. The summed E-state index contributed by atoms with van der Waals surface area (Å²) in [6.07, 6.45) is 4.04. The van der Waals surface area contributed by atoms with Crippen molar-refractivity contribution in [2.24, 2.45) is 0 Å². The van der Waals surface area contributed by atoms with Crippen molar-refractivity contribution in [2.45, 2.75) is 32.6 Å². The standard InChI is InChI=1S/C49H35N3O2/c1-29-16-18-36(22-30(29)2)52-45-15-9-8-14-39(45)41-20-21-46(51-49(41)52)53-37-26-42-40-19-17-32-12-6-7-13-38(32)47(40)54-48(42)43(27-37)44-25-34-23-33(24-35(34)28-50-44)31-10-4-3-5-11-31/h3-22,25-28,33H,23-24H2,1-2H3. The summed E-state index contributed by atoms with van der Waals surface area (Å²) in [6.45, 7) is 4.30. The van der Waals surface area contributed by atoms with Gasteiger partial charge >= 0.3 is 0 Å². The molecule has 1 aliphatic rings. The van der Waals surface area contributed by atoms with Crippen LogP contribution in [0.3, 0.4) is 0 Å². The lowest BCUT2D eigenvalue weighted by Gasteiger charge is -2.11. The first-order valence-corrected chi connectivity index (χ1v) is 18.6. The number of aromatic nitrogens is 3. The van der Waals surface area contributed by atoms with Gasteiger partial charge in [0.15, 0.2) is 0 Å². The maximum atomic E-state index is 6.83. The van der Waals surface area contributed by atoms with Gasteiger partial charge in [0.25, 0.3) is 0 Å². The number of aryl methyl sites for hydroxylation is 2. The quantitative estimate of drug-likeness (QED) is 0.180. The van der Waals surface area contributed by atoms with Gasteiger partial charge in [-0.25, -0.2) is 0 Å². The van der Waals surface area contributed by atoms with Crippen molar-refractivity contribution in [3.05, 3.63) is 174 Å². The van der Waals surface area contributed by atoms with Crippen LogP contribution in [0, 0.1) is 13.8 Å². The van der Waals surface area contributed by atoms with Crippen LogP contribution in [-0.4, -0.2) is 14.5 Å². The van der Waals surface area contributed by atoms with Crippen LogP contribution in [-0.2, 0) is 12.8 Å². The van der Waals surface area contributed by atoms with Gasteiger partial charge in [0, 0.05) is 50.4 Å². The fourth-order valence-corrected chi connectivity index (χ4v) is 8.56. The number of rotatable bonds is 5. The molecule has 0 spiro atoms. The third-order valence-corrected chi connectivity index (χ3v) is 11.5. The molecule has 1 atom stereocenters. The molecule has 0 N–H and O–H groups in total. The van der Waals surface area contributed by atoms with Gasteiger partial charge in [0.2, 0.25) is 5.88 Å². The van der Waals surface area contributed by atoms with Gasteiger partial charge < -0.3 is 9.15 Å². The SMILES string of the molecule is Cc1ccc(-n2c3ccccc3c3ccc(Oc4cc(-c5cc6c(cn5)CC(c5ccccc5)C6)c5oc6c7ccccc7ccc6c5c4)nc32)cc1C. The Morgan fingerprint density at radius 3 is 2.31 bits per heavy atom. The first-order chi connectivity index (χ1) is 26.6. The van der Waals surface area contributed by atoms with E-state index in [-0.39, 0.29) is 0 Å². The average Bonchev–Trinajstić information content (AvgIpc) is 3.91. The third-order valence-electron chi connectivity index (χ3n) is 11.5. The molecular weight excluding hydrogens is 663 g/mol. The molecule has 11 rings (SSSR count). The molecule has 0 fully saturated rings. The summed E-state index contributed by atoms with van der Waals surface area (Å²) in [6, 6.07) is 49.1. The average molecular weight is 698 g/mol. The molecule has 54 heavy (non-hydrogen) atoms. The van der Waals surface area contributed by atoms with E-state index in [9.17, 15) is 0 Å². The minimum Gasteiger partial charge on any atom is -0.455 e. The Kier molecular flexibility index (Phi) is 6.80. The Hall–Kier alpha value is -6.72. The fourth-order valence-electron chi connectivity index (χ4n) is 8.56. The predicted octanol–water partition coefficient (Wildman–Crippen LogP) is 12.6. The molecule has 10 aromatic rings. The van der Waals surface area contributed by atoms with Crippen LogP contribution < -0.4 is 4.74 Å². The van der Waals surface area contributed by atoms with E-state index in [1.807, 2.05) is 6.07 Å². The van der Waals surface area contributed by atoms with Crippen molar-refractivity contribution < 1.29 is 9.15 Å². The molecule has 258 valence electrons. The monoisotopic (exact) mass is 697 g/mol. The number of furan rings is 1. The summed E-state index contributed by atoms with van der Waals surface area (Å²) in [7, 11) is 0.